The fraction of sp³-hybridized carbons (Fsp3) is 0.333. The first-order valence-electron chi connectivity index (χ1n) is 8.96. The molecular formula is C21H23FN2O3. The molecule has 2 amide bonds. The maximum Gasteiger partial charge on any atom is 0.412 e. The van der Waals surface area contributed by atoms with Crippen LogP contribution in [0, 0.1) is 26.6 Å². The average molecular weight is 370 g/mol. The van der Waals surface area contributed by atoms with Crippen LogP contribution in [0.15, 0.2) is 30.3 Å². The van der Waals surface area contributed by atoms with E-state index in [1.165, 1.54) is 17.0 Å². The van der Waals surface area contributed by atoms with Crippen molar-refractivity contribution in [2.45, 2.75) is 40.2 Å². The fourth-order valence-electron chi connectivity index (χ4n) is 3.53. The van der Waals surface area contributed by atoms with E-state index in [-0.39, 0.29) is 24.1 Å². The molecule has 0 aliphatic carbocycles. The molecule has 3 rings (SSSR count). The molecule has 1 unspecified atom stereocenters. The molecule has 1 N–H and O–H groups in total. The third kappa shape index (κ3) is 3.16. The maximum atomic E-state index is 14.0. The Kier molecular flexibility index (Phi) is 4.91. The van der Waals surface area contributed by atoms with Crippen molar-refractivity contribution >= 4 is 23.4 Å². The zero-order chi connectivity index (χ0) is 19.9. The molecule has 0 saturated carbocycles. The predicted octanol–water partition coefficient (Wildman–Crippen LogP) is 4.67. The summed E-state index contributed by atoms with van der Waals surface area (Å²) in [5.41, 5.74) is 3.53. The predicted molar refractivity (Wildman–Crippen MR) is 103 cm³/mol. The van der Waals surface area contributed by atoms with E-state index in [9.17, 15) is 19.1 Å². The van der Waals surface area contributed by atoms with Gasteiger partial charge in [0.15, 0.2) is 0 Å². The van der Waals surface area contributed by atoms with Crippen molar-refractivity contribution in [2.75, 3.05) is 16.3 Å². The molecule has 27 heavy (non-hydrogen) atoms. The number of amides is 2. The summed E-state index contributed by atoms with van der Waals surface area (Å²) < 4.78 is 14.0. The summed E-state index contributed by atoms with van der Waals surface area (Å²) in [6, 6.07) is 7.71. The summed E-state index contributed by atoms with van der Waals surface area (Å²) in [6.45, 7) is 7.53. The van der Waals surface area contributed by atoms with E-state index in [1.54, 1.807) is 24.0 Å². The molecule has 6 heteroatoms. The van der Waals surface area contributed by atoms with Gasteiger partial charge in [-0.3, -0.25) is 9.69 Å². The Morgan fingerprint density at radius 2 is 1.78 bits per heavy atom. The molecule has 0 spiro atoms. The average Bonchev–Trinajstić information content (AvgIpc) is 2.63. The van der Waals surface area contributed by atoms with Gasteiger partial charge in [0.25, 0.3) is 5.91 Å². The quantitative estimate of drug-likeness (QED) is 0.835. The van der Waals surface area contributed by atoms with E-state index >= 15 is 0 Å². The number of rotatable bonds is 2. The number of benzene rings is 2. The summed E-state index contributed by atoms with van der Waals surface area (Å²) in [5, 5.41) is 9.74. The van der Waals surface area contributed by atoms with Gasteiger partial charge >= 0.3 is 6.09 Å². The molecule has 0 radical (unpaired) electrons. The lowest BCUT2D eigenvalue weighted by Gasteiger charge is -2.41. The molecule has 2 aromatic rings. The van der Waals surface area contributed by atoms with Gasteiger partial charge in [0, 0.05) is 12.1 Å². The number of fused-ring (bicyclic) bond motifs is 1. The number of carbonyl (C=O) groups is 2. The van der Waals surface area contributed by atoms with Crippen LogP contribution in [0.5, 0.6) is 0 Å². The Balaban J connectivity index is 2.18. The molecule has 2 aromatic carbocycles. The van der Waals surface area contributed by atoms with Crippen molar-refractivity contribution in [3.63, 3.8) is 0 Å². The van der Waals surface area contributed by atoms with Crippen LogP contribution >= 0.6 is 0 Å². The molecule has 0 bridgehead atoms. The third-order valence-corrected chi connectivity index (χ3v) is 5.32. The van der Waals surface area contributed by atoms with Crippen molar-refractivity contribution in [3.8, 4) is 0 Å². The van der Waals surface area contributed by atoms with Crippen molar-refractivity contribution < 1.29 is 19.1 Å². The summed E-state index contributed by atoms with van der Waals surface area (Å²) in [5.74, 6) is -0.752. The SMILES string of the molecule is CCC1CN(C(=O)c2cccc(F)c2C)c2cc(C)c(C)cc2N1C(=O)O. The smallest absolute Gasteiger partial charge is 0.412 e. The molecule has 0 fully saturated rings. The highest BCUT2D eigenvalue weighted by Crippen LogP contribution is 2.39. The van der Waals surface area contributed by atoms with Crippen molar-refractivity contribution in [2.24, 2.45) is 0 Å². The second-order valence-corrected chi connectivity index (χ2v) is 6.97. The van der Waals surface area contributed by atoms with E-state index in [0.717, 1.165) is 11.1 Å². The second-order valence-electron chi connectivity index (χ2n) is 6.97. The molecule has 1 aliphatic rings. The second kappa shape index (κ2) is 7.02. The van der Waals surface area contributed by atoms with E-state index < -0.39 is 11.9 Å². The Bertz CT molecular complexity index is 926. The first-order valence-corrected chi connectivity index (χ1v) is 8.96. The maximum absolute atomic E-state index is 14.0. The Morgan fingerprint density at radius 3 is 2.37 bits per heavy atom. The Hall–Kier alpha value is -2.89. The summed E-state index contributed by atoms with van der Waals surface area (Å²) >= 11 is 0. The first kappa shape index (κ1) is 18.9. The van der Waals surface area contributed by atoms with Gasteiger partial charge in [0.1, 0.15) is 5.82 Å². The van der Waals surface area contributed by atoms with Gasteiger partial charge in [0.05, 0.1) is 17.4 Å². The third-order valence-electron chi connectivity index (χ3n) is 5.32. The molecule has 5 nitrogen and oxygen atoms in total. The number of aryl methyl sites for hydroxylation is 2. The lowest BCUT2D eigenvalue weighted by Crippen LogP contribution is -2.52. The van der Waals surface area contributed by atoms with Crippen LogP contribution in [-0.4, -0.2) is 29.7 Å². The highest BCUT2D eigenvalue weighted by atomic mass is 19.1. The van der Waals surface area contributed by atoms with Crippen LogP contribution in [0.1, 0.15) is 40.4 Å². The molecule has 1 atom stereocenters. The van der Waals surface area contributed by atoms with Gasteiger partial charge in [-0.25, -0.2) is 9.18 Å². The van der Waals surface area contributed by atoms with Crippen molar-refractivity contribution in [3.05, 3.63) is 58.4 Å². The van der Waals surface area contributed by atoms with E-state index in [4.69, 9.17) is 0 Å². The van der Waals surface area contributed by atoms with Gasteiger partial charge in [-0.15, -0.1) is 0 Å². The van der Waals surface area contributed by atoms with Crippen molar-refractivity contribution in [1.82, 2.24) is 0 Å². The lowest BCUT2D eigenvalue weighted by molar-refractivity contribution is 0.0981. The zero-order valence-corrected chi connectivity index (χ0v) is 15.9. The minimum absolute atomic E-state index is 0.229. The molecule has 1 aliphatic heterocycles. The van der Waals surface area contributed by atoms with E-state index in [1.807, 2.05) is 26.8 Å². The lowest BCUT2D eigenvalue weighted by atomic mass is 9.99. The number of anilines is 2. The van der Waals surface area contributed by atoms with Crippen LogP contribution in [0.25, 0.3) is 0 Å². The monoisotopic (exact) mass is 370 g/mol. The molecule has 0 saturated heterocycles. The molecular weight excluding hydrogens is 347 g/mol. The highest BCUT2D eigenvalue weighted by molar-refractivity contribution is 6.11. The normalized spacial score (nSPS) is 16.3. The minimum atomic E-state index is -1.04. The zero-order valence-electron chi connectivity index (χ0n) is 15.9. The van der Waals surface area contributed by atoms with Crippen LogP contribution in [0.4, 0.5) is 20.6 Å². The fourth-order valence-corrected chi connectivity index (χ4v) is 3.53. The Morgan fingerprint density at radius 1 is 1.15 bits per heavy atom. The first-order chi connectivity index (χ1) is 12.8. The van der Waals surface area contributed by atoms with Crippen LogP contribution in [-0.2, 0) is 0 Å². The van der Waals surface area contributed by atoms with Crippen LogP contribution in [0.2, 0.25) is 0 Å². The summed E-state index contributed by atoms with van der Waals surface area (Å²) in [4.78, 5) is 28.1. The topological polar surface area (TPSA) is 60.9 Å². The Labute approximate surface area is 158 Å². The van der Waals surface area contributed by atoms with Gasteiger partial charge in [-0.05, 0) is 68.1 Å². The molecule has 0 aromatic heterocycles. The number of hydrogen-bond acceptors (Lipinski definition) is 2. The van der Waals surface area contributed by atoms with Gasteiger partial charge in [0.2, 0.25) is 0 Å². The van der Waals surface area contributed by atoms with Gasteiger partial charge in [-0.1, -0.05) is 13.0 Å². The van der Waals surface area contributed by atoms with Gasteiger partial charge < -0.3 is 10.0 Å². The van der Waals surface area contributed by atoms with Gasteiger partial charge in [-0.2, -0.15) is 0 Å². The number of hydrogen-bond donors (Lipinski definition) is 1. The van der Waals surface area contributed by atoms with Crippen molar-refractivity contribution in [1.29, 1.82) is 0 Å². The number of carboxylic acid groups (broad SMARTS) is 1. The van der Waals surface area contributed by atoms with Crippen LogP contribution < -0.4 is 9.80 Å². The molecule has 142 valence electrons. The van der Waals surface area contributed by atoms with E-state index in [2.05, 4.69) is 0 Å². The van der Waals surface area contributed by atoms with E-state index in [0.29, 0.717) is 23.4 Å². The minimum Gasteiger partial charge on any atom is -0.465 e. The number of halogens is 1. The van der Waals surface area contributed by atoms with Crippen LogP contribution in [0.3, 0.4) is 0 Å². The number of nitrogens with zero attached hydrogens (tertiary/aromatic N) is 2. The standard InChI is InChI=1S/C21H23FN2O3/c1-5-15-11-23(20(25)16-7-6-8-17(22)14(16)4)18-9-12(2)13(3)10-19(18)24(15)21(26)27/h6-10,15H,5,11H2,1-4H3,(H,26,27). The summed E-state index contributed by atoms with van der Waals surface area (Å²) in [7, 11) is 0. The number of carbonyl (C=O) groups excluding carboxylic acids is 1. The molecule has 1 heterocycles. The summed E-state index contributed by atoms with van der Waals surface area (Å²) in [6.07, 6.45) is -0.481. The highest BCUT2D eigenvalue weighted by Gasteiger charge is 2.37. The largest absolute Gasteiger partial charge is 0.465 e.